The van der Waals surface area contributed by atoms with Gasteiger partial charge in [-0.1, -0.05) is 30.0 Å². The van der Waals surface area contributed by atoms with E-state index in [0.717, 1.165) is 11.8 Å². The summed E-state index contributed by atoms with van der Waals surface area (Å²) in [5, 5.41) is 11.8. The molecule has 0 aliphatic heterocycles. The van der Waals surface area contributed by atoms with Gasteiger partial charge in [-0.2, -0.15) is 14.0 Å². The number of rotatable bonds is 7. The maximum absolute atomic E-state index is 13.4. The van der Waals surface area contributed by atoms with Crippen LogP contribution in [0.3, 0.4) is 0 Å². The first-order valence-electron chi connectivity index (χ1n) is 10.4. The van der Waals surface area contributed by atoms with Gasteiger partial charge in [-0.25, -0.2) is 4.98 Å². The minimum atomic E-state index is -2.97. The molecule has 0 aliphatic carbocycles. The summed E-state index contributed by atoms with van der Waals surface area (Å²) in [5.41, 5.74) is 1.36. The highest BCUT2D eigenvalue weighted by molar-refractivity contribution is 8.00. The maximum Gasteiger partial charge on any atom is 0.387 e. The Bertz CT molecular complexity index is 1480. The fourth-order valence-electron chi connectivity index (χ4n) is 3.32. The Morgan fingerprint density at radius 2 is 1.86 bits per heavy atom. The molecule has 1 unspecified atom stereocenters. The molecule has 0 aliphatic rings. The normalized spacial score (nSPS) is 11.7. The van der Waals surface area contributed by atoms with E-state index in [4.69, 9.17) is 5.26 Å². The fourth-order valence-corrected chi connectivity index (χ4v) is 4.24. The van der Waals surface area contributed by atoms with Crippen molar-refractivity contribution in [2.45, 2.75) is 23.9 Å². The van der Waals surface area contributed by atoms with Crippen molar-refractivity contribution >= 4 is 34.3 Å². The Morgan fingerprint density at radius 1 is 1.11 bits per heavy atom. The molecule has 4 rings (SSSR count). The molecular formula is C25H18F2N4O3S. The first-order valence-corrected chi connectivity index (χ1v) is 11.3. The van der Waals surface area contributed by atoms with Crippen molar-refractivity contribution in [2.24, 2.45) is 0 Å². The molecule has 0 saturated heterocycles. The molecule has 1 N–H and O–H groups in total. The van der Waals surface area contributed by atoms with Crippen LogP contribution in [0.15, 0.2) is 82.7 Å². The summed E-state index contributed by atoms with van der Waals surface area (Å²) >= 11 is 1.07. The second-order valence-corrected chi connectivity index (χ2v) is 8.67. The third-order valence-corrected chi connectivity index (χ3v) is 6.03. The number of hydrogen-bond donors (Lipinski definition) is 1. The smallest absolute Gasteiger partial charge is 0.387 e. The van der Waals surface area contributed by atoms with Crippen LogP contribution in [0.25, 0.3) is 16.6 Å². The largest absolute Gasteiger partial charge is 0.435 e. The molecule has 1 amide bonds. The minimum absolute atomic E-state index is 0.0490. The summed E-state index contributed by atoms with van der Waals surface area (Å²) in [5.74, 6) is -0.396. The lowest BCUT2D eigenvalue weighted by Crippen LogP contribution is -2.26. The number of anilines is 1. The van der Waals surface area contributed by atoms with E-state index < -0.39 is 11.9 Å². The summed E-state index contributed by atoms with van der Waals surface area (Å²) in [6, 6.07) is 20.9. The number of para-hydroxylation sites is 1. The third-order valence-electron chi connectivity index (χ3n) is 4.98. The van der Waals surface area contributed by atoms with Gasteiger partial charge in [0, 0.05) is 5.69 Å². The van der Waals surface area contributed by atoms with E-state index in [-0.39, 0.29) is 22.4 Å². The number of carbonyl (C=O) groups excluding carboxylic acids is 1. The average Bonchev–Trinajstić information content (AvgIpc) is 2.85. The van der Waals surface area contributed by atoms with E-state index in [1.807, 2.05) is 6.07 Å². The lowest BCUT2D eigenvalue weighted by Gasteiger charge is -2.17. The van der Waals surface area contributed by atoms with Gasteiger partial charge >= 0.3 is 6.61 Å². The van der Waals surface area contributed by atoms with Crippen molar-refractivity contribution in [1.29, 1.82) is 5.26 Å². The first-order chi connectivity index (χ1) is 16.9. The molecule has 0 bridgehead atoms. The molecule has 1 aromatic heterocycles. The number of ether oxygens (including phenoxy) is 1. The first kappa shape index (κ1) is 23.9. The monoisotopic (exact) mass is 492 g/mol. The molecule has 176 valence electrons. The number of nitriles is 1. The van der Waals surface area contributed by atoms with Crippen molar-refractivity contribution < 1.29 is 18.3 Å². The number of aromatic nitrogens is 2. The minimum Gasteiger partial charge on any atom is -0.435 e. The van der Waals surface area contributed by atoms with Crippen molar-refractivity contribution in [3.8, 4) is 17.5 Å². The standard InChI is InChI=1S/C25H18F2N4O3S/c1-15(22(32)29-17-6-4-5-16(13-17)14-28)35-25-30-21-8-3-2-7-20(21)23(33)31(25)18-9-11-19(12-10-18)34-24(26)27/h2-13,15,24H,1H3,(H,29,32). The van der Waals surface area contributed by atoms with Crippen LogP contribution in [0.4, 0.5) is 14.5 Å². The van der Waals surface area contributed by atoms with E-state index in [2.05, 4.69) is 15.0 Å². The zero-order valence-electron chi connectivity index (χ0n) is 18.3. The molecule has 1 heterocycles. The number of hydrogen-bond acceptors (Lipinski definition) is 6. The summed E-state index contributed by atoms with van der Waals surface area (Å²) < 4.78 is 30.8. The number of benzene rings is 3. The quantitative estimate of drug-likeness (QED) is 0.289. The topological polar surface area (TPSA) is 97.0 Å². The van der Waals surface area contributed by atoms with Crippen LogP contribution in [-0.4, -0.2) is 27.3 Å². The Morgan fingerprint density at radius 3 is 2.57 bits per heavy atom. The van der Waals surface area contributed by atoms with Gasteiger partial charge in [-0.3, -0.25) is 14.2 Å². The van der Waals surface area contributed by atoms with Gasteiger partial charge in [-0.15, -0.1) is 0 Å². The fraction of sp³-hybridized carbons (Fsp3) is 0.120. The summed E-state index contributed by atoms with van der Waals surface area (Å²) in [6.45, 7) is -1.30. The number of nitrogens with zero attached hydrogens (tertiary/aromatic N) is 3. The van der Waals surface area contributed by atoms with Gasteiger partial charge in [0.05, 0.1) is 33.5 Å². The zero-order valence-corrected chi connectivity index (χ0v) is 19.1. The van der Waals surface area contributed by atoms with Gasteiger partial charge in [0.2, 0.25) is 5.91 Å². The average molecular weight is 493 g/mol. The van der Waals surface area contributed by atoms with Gasteiger partial charge in [0.25, 0.3) is 5.56 Å². The number of nitrogens with one attached hydrogen (secondary N) is 1. The van der Waals surface area contributed by atoms with Crippen molar-refractivity contribution in [3.63, 3.8) is 0 Å². The van der Waals surface area contributed by atoms with Crippen molar-refractivity contribution in [1.82, 2.24) is 9.55 Å². The molecule has 0 radical (unpaired) electrons. The van der Waals surface area contributed by atoms with Crippen molar-refractivity contribution in [3.05, 3.63) is 88.7 Å². The second kappa shape index (κ2) is 10.4. The molecule has 3 aromatic carbocycles. The van der Waals surface area contributed by atoms with E-state index in [0.29, 0.717) is 27.8 Å². The Labute approximate surface area is 203 Å². The number of carbonyl (C=O) groups is 1. The highest BCUT2D eigenvalue weighted by atomic mass is 32.2. The summed E-state index contributed by atoms with van der Waals surface area (Å²) in [4.78, 5) is 30.8. The van der Waals surface area contributed by atoms with Gasteiger partial charge < -0.3 is 10.1 Å². The van der Waals surface area contributed by atoms with E-state index >= 15 is 0 Å². The van der Waals surface area contributed by atoms with Gasteiger partial charge in [-0.05, 0) is 61.5 Å². The molecule has 7 nitrogen and oxygen atoms in total. The number of halogens is 2. The van der Waals surface area contributed by atoms with Crippen LogP contribution < -0.4 is 15.6 Å². The summed E-state index contributed by atoms with van der Waals surface area (Å²) in [6.07, 6.45) is 0. The highest BCUT2D eigenvalue weighted by Gasteiger charge is 2.21. The van der Waals surface area contributed by atoms with E-state index in [9.17, 15) is 18.4 Å². The summed E-state index contributed by atoms with van der Waals surface area (Å²) in [7, 11) is 0. The van der Waals surface area contributed by atoms with Crippen LogP contribution in [0.1, 0.15) is 12.5 Å². The maximum atomic E-state index is 13.4. The molecule has 4 aromatic rings. The van der Waals surface area contributed by atoms with Crippen LogP contribution in [0.2, 0.25) is 0 Å². The molecule has 0 spiro atoms. The van der Waals surface area contributed by atoms with Crippen LogP contribution in [0.5, 0.6) is 5.75 Å². The Balaban J connectivity index is 1.68. The van der Waals surface area contributed by atoms with Crippen molar-refractivity contribution in [2.75, 3.05) is 5.32 Å². The Hall–Kier alpha value is -4.23. The van der Waals surface area contributed by atoms with Crippen LogP contribution in [0, 0.1) is 11.3 Å². The van der Waals surface area contributed by atoms with Gasteiger partial charge in [0.1, 0.15) is 5.75 Å². The molecule has 1 atom stereocenters. The second-order valence-electron chi connectivity index (χ2n) is 7.37. The molecular weight excluding hydrogens is 474 g/mol. The van der Waals surface area contributed by atoms with E-state index in [1.54, 1.807) is 55.5 Å². The predicted octanol–water partition coefficient (Wildman–Crippen LogP) is 4.98. The van der Waals surface area contributed by atoms with Crippen LogP contribution >= 0.6 is 11.8 Å². The number of amides is 1. The van der Waals surface area contributed by atoms with E-state index in [1.165, 1.54) is 28.8 Å². The van der Waals surface area contributed by atoms with Crippen LogP contribution in [-0.2, 0) is 4.79 Å². The molecule has 0 fully saturated rings. The SMILES string of the molecule is CC(Sc1nc2ccccc2c(=O)n1-c1ccc(OC(F)F)cc1)C(=O)Nc1cccc(C#N)c1. The Kier molecular flexibility index (Phi) is 7.08. The number of thioether (sulfide) groups is 1. The molecule has 10 heteroatoms. The predicted molar refractivity (Wildman–Crippen MR) is 129 cm³/mol. The lowest BCUT2D eigenvalue weighted by atomic mass is 10.2. The number of fused-ring (bicyclic) bond motifs is 1. The molecule has 35 heavy (non-hydrogen) atoms. The van der Waals surface area contributed by atoms with Gasteiger partial charge in [0.15, 0.2) is 5.16 Å². The lowest BCUT2D eigenvalue weighted by molar-refractivity contribution is -0.115. The third kappa shape index (κ3) is 5.47. The number of alkyl halides is 2. The molecule has 0 saturated carbocycles. The highest BCUT2D eigenvalue weighted by Crippen LogP contribution is 2.27. The zero-order chi connectivity index (χ0) is 24.9.